The number of carbonyl (C=O) groups is 2. The van der Waals surface area contributed by atoms with Crippen LogP contribution in [0.2, 0.25) is 0 Å². The monoisotopic (exact) mass is 304 g/mol. The zero-order valence-electron chi connectivity index (χ0n) is 11.7. The molecule has 1 aliphatic rings. The van der Waals surface area contributed by atoms with Crippen molar-refractivity contribution in [3.05, 3.63) is 35.2 Å². The van der Waals surface area contributed by atoms with Crippen LogP contribution in [0.3, 0.4) is 0 Å². The van der Waals surface area contributed by atoms with Crippen molar-refractivity contribution in [1.29, 1.82) is 0 Å². The minimum atomic E-state index is -1.11. The average molecular weight is 304 g/mol. The summed E-state index contributed by atoms with van der Waals surface area (Å²) in [4.78, 5) is 26.4. The standard InChI is InChI=1S/C15H16N2O3S/c1-15(14(16)19)9-17(6-7-20-15)13(18)12-8-10-4-2-3-5-11(10)21-12/h2-5,8H,6-7,9H2,1H3,(H2,16,19)/t15-/m0/s1. The molecule has 0 radical (unpaired) electrons. The van der Waals surface area contributed by atoms with Gasteiger partial charge in [-0.2, -0.15) is 0 Å². The van der Waals surface area contributed by atoms with E-state index in [1.165, 1.54) is 11.3 Å². The van der Waals surface area contributed by atoms with E-state index >= 15 is 0 Å². The predicted molar refractivity (Wildman–Crippen MR) is 81.3 cm³/mol. The summed E-state index contributed by atoms with van der Waals surface area (Å²) >= 11 is 1.46. The van der Waals surface area contributed by atoms with E-state index in [9.17, 15) is 9.59 Å². The molecular formula is C15H16N2O3S. The number of nitrogens with zero attached hydrogens (tertiary/aromatic N) is 1. The number of benzene rings is 1. The van der Waals surface area contributed by atoms with Crippen molar-refractivity contribution in [3.8, 4) is 0 Å². The Morgan fingerprint density at radius 2 is 2.14 bits per heavy atom. The first-order valence-electron chi connectivity index (χ1n) is 6.71. The fourth-order valence-electron chi connectivity index (χ4n) is 2.44. The van der Waals surface area contributed by atoms with Crippen molar-refractivity contribution in [2.24, 2.45) is 5.73 Å². The van der Waals surface area contributed by atoms with Gasteiger partial charge in [0.15, 0.2) is 5.60 Å². The Kier molecular flexibility index (Phi) is 3.43. The SMILES string of the molecule is C[C@@]1(C(N)=O)CN(C(=O)c2cc3ccccc3s2)CCO1. The van der Waals surface area contributed by atoms with Gasteiger partial charge < -0.3 is 15.4 Å². The maximum Gasteiger partial charge on any atom is 0.264 e. The fourth-order valence-corrected chi connectivity index (χ4v) is 3.47. The smallest absolute Gasteiger partial charge is 0.264 e. The maximum absolute atomic E-state index is 12.6. The summed E-state index contributed by atoms with van der Waals surface area (Å²) in [5.41, 5.74) is 4.26. The topological polar surface area (TPSA) is 72.6 Å². The lowest BCUT2D eigenvalue weighted by atomic mass is 10.0. The van der Waals surface area contributed by atoms with E-state index in [2.05, 4.69) is 0 Å². The van der Waals surface area contributed by atoms with Gasteiger partial charge in [-0.05, 0) is 24.4 Å². The van der Waals surface area contributed by atoms with Gasteiger partial charge in [-0.25, -0.2) is 0 Å². The van der Waals surface area contributed by atoms with E-state index < -0.39 is 11.5 Å². The zero-order valence-corrected chi connectivity index (χ0v) is 12.5. The van der Waals surface area contributed by atoms with Gasteiger partial charge in [0.05, 0.1) is 18.0 Å². The van der Waals surface area contributed by atoms with Gasteiger partial charge in [0.1, 0.15) is 0 Å². The maximum atomic E-state index is 12.6. The van der Waals surface area contributed by atoms with Gasteiger partial charge in [-0.15, -0.1) is 11.3 Å². The minimum absolute atomic E-state index is 0.0769. The van der Waals surface area contributed by atoms with Gasteiger partial charge >= 0.3 is 0 Å². The summed E-state index contributed by atoms with van der Waals surface area (Å²) in [6, 6.07) is 9.76. The lowest BCUT2D eigenvalue weighted by Crippen LogP contribution is -2.58. The molecule has 2 N–H and O–H groups in total. The zero-order chi connectivity index (χ0) is 15.0. The molecular weight excluding hydrogens is 288 g/mol. The van der Waals surface area contributed by atoms with Gasteiger partial charge in [0.2, 0.25) is 0 Å². The molecule has 3 rings (SSSR count). The summed E-state index contributed by atoms with van der Waals surface area (Å²) in [7, 11) is 0. The quantitative estimate of drug-likeness (QED) is 0.916. The average Bonchev–Trinajstić information content (AvgIpc) is 2.90. The molecule has 0 bridgehead atoms. The van der Waals surface area contributed by atoms with Gasteiger partial charge in [-0.1, -0.05) is 18.2 Å². The molecule has 2 aromatic rings. The molecule has 0 unspecified atom stereocenters. The number of hydrogen-bond donors (Lipinski definition) is 1. The van der Waals surface area contributed by atoms with E-state index in [0.29, 0.717) is 18.0 Å². The van der Waals surface area contributed by atoms with Gasteiger partial charge in [0, 0.05) is 11.2 Å². The van der Waals surface area contributed by atoms with Crippen LogP contribution < -0.4 is 5.73 Å². The van der Waals surface area contributed by atoms with Crippen molar-refractivity contribution < 1.29 is 14.3 Å². The molecule has 6 heteroatoms. The molecule has 1 saturated heterocycles. The third-order valence-corrected chi connectivity index (χ3v) is 4.82. The first-order chi connectivity index (χ1) is 9.99. The lowest BCUT2D eigenvalue weighted by molar-refractivity contribution is -0.150. The van der Waals surface area contributed by atoms with Crippen molar-refractivity contribution in [1.82, 2.24) is 4.90 Å². The van der Waals surface area contributed by atoms with Crippen molar-refractivity contribution >= 4 is 33.2 Å². The highest BCUT2D eigenvalue weighted by Gasteiger charge is 2.39. The molecule has 1 aromatic heterocycles. The number of nitrogens with two attached hydrogens (primary N) is 1. The fraction of sp³-hybridized carbons (Fsp3) is 0.333. The first-order valence-corrected chi connectivity index (χ1v) is 7.53. The van der Waals surface area contributed by atoms with Crippen LogP contribution in [0.4, 0.5) is 0 Å². The Balaban J connectivity index is 1.86. The number of rotatable bonds is 2. The highest BCUT2D eigenvalue weighted by Crippen LogP contribution is 2.27. The van der Waals surface area contributed by atoms with Gasteiger partial charge in [-0.3, -0.25) is 9.59 Å². The van der Waals surface area contributed by atoms with Crippen LogP contribution in [-0.2, 0) is 9.53 Å². The second-order valence-electron chi connectivity index (χ2n) is 5.32. The number of hydrogen-bond acceptors (Lipinski definition) is 4. The van der Waals surface area contributed by atoms with Crippen LogP contribution in [0.5, 0.6) is 0 Å². The van der Waals surface area contributed by atoms with Crippen LogP contribution in [0.15, 0.2) is 30.3 Å². The third-order valence-electron chi connectivity index (χ3n) is 3.72. The van der Waals surface area contributed by atoms with E-state index in [-0.39, 0.29) is 12.5 Å². The van der Waals surface area contributed by atoms with E-state index in [0.717, 1.165) is 10.1 Å². The highest BCUT2D eigenvalue weighted by atomic mass is 32.1. The Hall–Kier alpha value is -1.92. The van der Waals surface area contributed by atoms with E-state index in [1.807, 2.05) is 30.3 Å². The number of carbonyl (C=O) groups excluding carboxylic acids is 2. The summed E-state index contributed by atoms with van der Waals surface area (Å²) in [5, 5.41) is 1.05. The second kappa shape index (κ2) is 5.13. The molecule has 1 fully saturated rings. The number of primary amides is 1. The van der Waals surface area contributed by atoms with E-state index in [1.54, 1.807) is 11.8 Å². The third kappa shape index (κ3) is 2.52. The highest BCUT2D eigenvalue weighted by molar-refractivity contribution is 7.20. The van der Waals surface area contributed by atoms with Crippen LogP contribution in [-0.4, -0.2) is 42.0 Å². The number of amides is 2. The predicted octanol–water partition coefficient (Wildman–Crippen LogP) is 1.62. The van der Waals surface area contributed by atoms with Crippen molar-refractivity contribution in [2.75, 3.05) is 19.7 Å². The summed E-state index contributed by atoms with van der Waals surface area (Å²) in [6.45, 7) is 2.60. The lowest BCUT2D eigenvalue weighted by Gasteiger charge is -2.38. The molecule has 0 saturated carbocycles. The summed E-state index contributed by atoms with van der Waals surface area (Å²) in [5.74, 6) is -0.622. The van der Waals surface area contributed by atoms with Crippen LogP contribution >= 0.6 is 11.3 Å². The largest absolute Gasteiger partial charge is 0.367 e. The van der Waals surface area contributed by atoms with E-state index in [4.69, 9.17) is 10.5 Å². The first kappa shape index (κ1) is 14.0. The van der Waals surface area contributed by atoms with Crippen LogP contribution in [0.25, 0.3) is 10.1 Å². The molecule has 1 aromatic carbocycles. The molecule has 0 aliphatic carbocycles. The Labute approximate surface area is 126 Å². The van der Waals surface area contributed by atoms with Crippen LogP contribution in [0, 0.1) is 0 Å². The summed E-state index contributed by atoms with van der Waals surface area (Å²) in [6.07, 6.45) is 0. The normalized spacial score (nSPS) is 22.4. The second-order valence-corrected chi connectivity index (χ2v) is 6.40. The Morgan fingerprint density at radius 3 is 2.86 bits per heavy atom. The minimum Gasteiger partial charge on any atom is -0.367 e. The molecule has 1 aliphatic heterocycles. The van der Waals surface area contributed by atoms with Crippen LogP contribution in [0.1, 0.15) is 16.6 Å². The molecule has 1 atom stereocenters. The molecule has 2 amide bonds. The Morgan fingerprint density at radius 1 is 1.38 bits per heavy atom. The molecule has 110 valence electrons. The summed E-state index contributed by atoms with van der Waals surface area (Å²) < 4.78 is 6.51. The molecule has 2 heterocycles. The molecule has 21 heavy (non-hydrogen) atoms. The van der Waals surface area contributed by atoms with Gasteiger partial charge in [0.25, 0.3) is 11.8 Å². The van der Waals surface area contributed by atoms with Crippen molar-refractivity contribution in [3.63, 3.8) is 0 Å². The Bertz CT molecular complexity index is 679. The number of fused-ring (bicyclic) bond motifs is 1. The van der Waals surface area contributed by atoms with Crippen molar-refractivity contribution in [2.45, 2.75) is 12.5 Å². The number of ether oxygens (including phenoxy) is 1. The number of thiophene rings is 1. The molecule has 0 spiro atoms. The number of morpholine rings is 1. The molecule has 5 nitrogen and oxygen atoms in total.